The highest BCUT2D eigenvalue weighted by molar-refractivity contribution is 5.79. The Balaban J connectivity index is 1.76. The average Bonchev–Trinajstić information content (AvgIpc) is 2.60. The fraction of sp³-hybridized carbons (Fsp3) is 0.200. The van der Waals surface area contributed by atoms with E-state index in [0.29, 0.717) is 0 Å². The summed E-state index contributed by atoms with van der Waals surface area (Å²) >= 11 is 0. The molecule has 0 spiro atoms. The van der Waals surface area contributed by atoms with Crippen LogP contribution in [0.25, 0.3) is 23.1 Å². The molecule has 3 aromatic rings. The molecule has 0 aliphatic carbocycles. The van der Waals surface area contributed by atoms with Crippen LogP contribution >= 0.6 is 0 Å². The van der Waals surface area contributed by atoms with E-state index < -0.39 is 0 Å². The Hall–Kier alpha value is -2.68. The monoisotopic (exact) mass is 303 g/mol. The smallest absolute Gasteiger partial charge is 0.152 e. The van der Waals surface area contributed by atoms with Crippen molar-refractivity contribution in [2.45, 2.75) is 13.3 Å². The largest absolute Gasteiger partial charge is 0.375 e. The first-order valence-electron chi connectivity index (χ1n) is 7.97. The second-order valence-electron chi connectivity index (χ2n) is 5.63. The lowest BCUT2D eigenvalue weighted by Gasteiger charge is -2.18. The lowest BCUT2D eigenvalue weighted by Crippen LogP contribution is -2.17. The topological polar surface area (TPSA) is 29.0 Å². The van der Waals surface area contributed by atoms with Crippen LogP contribution in [0.2, 0.25) is 0 Å². The Kier molecular flexibility index (Phi) is 4.67. The third kappa shape index (κ3) is 3.75. The standard InChI is InChI=1S/C20H21N3/c1-3-14-23(2)18-11-8-16(9-12-18)10-13-20-21-15-17-6-4-5-7-19(17)22-20/h4-13,15H,3,14H2,1-2H3/b13-10+. The fourth-order valence-corrected chi connectivity index (χ4v) is 2.54. The average molecular weight is 303 g/mol. The van der Waals surface area contributed by atoms with Gasteiger partial charge in [-0.2, -0.15) is 0 Å². The SMILES string of the molecule is CCCN(C)c1ccc(/C=C/c2ncc3ccccc3n2)cc1. The zero-order valence-corrected chi connectivity index (χ0v) is 13.6. The Morgan fingerprint density at radius 3 is 2.57 bits per heavy atom. The van der Waals surface area contributed by atoms with Crippen molar-refractivity contribution in [1.82, 2.24) is 9.97 Å². The van der Waals surface area contributed by atoms with Gasteiger partial charge in [0.15, 0.2) is 5.82 Å². The molecule has 0 unspecified atom stereocenters. The molecule has 0 aliphatic rings. The number of benzene rings is 2. The summed E-state index contributed by atoms with van der Waals surface area (Å²) in [5, 5.41) is 1.06. The number of hydrogen-bond acceptors (Lipinski definition) is 3. The lowest BCUT2D eigenvalue weighted by atomic mass is 10.2. The van der Waals surface area contributed by atoms with Crippen molar-refractivity contribution in [2.75, 3.05) is 18.5 Å². The molecular weight excluding hydrogens is 282 g/mol. The first-order valence-corrected chi connectivity index (χ1v) is 7.97. The summed E-state index contributed by atoms with van der Waals surface area (Å²) in [5.41, 5.74) is 3.36. The van der Waals surface area contributed by atoms with Gasteiger partial charge in [0.25, 0.3) is 0 Å². The lowest BCUT2D eigenvalue weighted by molar-refractivity contribution is 0.852. The molecule has 0 fully saturated rings. The van der Waals surface area contributed by atoms with E-state index in [4.69, 9.17) is 0 Å². The molecule has 0 atom stereocenters. The van der Waals surface area contributed by atoms with E-state index in [-0.39, 0.29) is 0 Å². The van der Waals surface area contributed by atoms with Crippen molar-refractivity contribution < 1.29 is 0 Å². The van der Waals surface area contributed by atoms with Gasteiger partial charge in [0.05, 0.1) is 5.52 Å². The van der Waals surface area contributed by atoms with Gasteiger partial charge in [-0.05, 0) is 36.3 Å². The van der Waals surface area contributed by atoms with Crippen molar-refractivity contribution in [3.8, 4) is 0 Å². The quantitative estimate of drug-likeness (QED) is 0.687. The van der Waals surface area contributed by atoms with Crippen molar-refractivity contribution in [3.05, 3.63) is 66.1 Å². The number of fused-ring (bicyclic) bond motifs is 1. The summed E-state index contributed by atoms with van der Waals surface area (Å²) < 4.78 is 0. The second-order valence-corrected chi connectivity index (χ2v) is 5.63. The molecule has 0 amide bonds. The summed E-state index contributed by atoms with van der Waals surface area (Å²) in [4.78, 5) is 11.2. The van der Waals surface area contributed by atoms with Crippen LogP contribution in [0.5, 0.6) is 0 Å². The summed E-state index contributed by atoms with van der Waals surface area (Å²) in [7, 11) is 2.12. The first-order chi connectivity index (χ1) is 11.3. The van der Waals surface area contributed by atoms with Crippen LogP contribution in [0.1, 0.15) is 24.7 Å². The number of hydrogen-bond donors (Lipinski definition) is 0. The zero-order valence-electron chi connectivity index (χ0n) is 13.6. The minimum absolute atomic E-state index is 0.732. The fourth-order valence-electron chi connectivity index (χ4n) is 2.54. The minimum Gasteiger partial charge on any atom is -0.375 e. The van der Waals surface area contributed by atoms with Crippen LogP contribution in [-0.4, -0.2) is 23.6 Å². The van der Waals surface area contributed by atoms with Crippen LogP contribution in [0, 0.1) is 0 Å². The Labute approximate surface area is 137 Å². The number of nitrogens with zero attached hydrogens (tertiary/aromatic N) is 3. The molecular formula is C20H21N3. The van der Waals surface area contributed by atoms with Gasteiger partial charge in [-0.3, -0.25) is 0 Å². The molecule has 2 aromatic carbocycles. The predicted octanol–water partition coefficient (Wildman–Crippen LogP) is 4.65. The molecule has 23 heavy (non-hydrogen) atoms. The predicted molar refractivity (Wildman–Crippen MR) is 98.5 cm³/mol. The van der Waals surface area contributed by atoms with Gasteiger partial charge in [-0.25, -0.2) is 9.97 Å². The normalized spacial score (nSPS) is 11.2. The molecule has 0 bridgehead atoms. The van der Waals surface area contributed by atoms with Gasteiger partial charge in [0, 0.05) is 30.9 Å². The molecule has 0 aliphatic heterocycles. The van der Waals surface area contributed by atoms with Gasteiger partial charge in [-0.1, -0.05) is 43.3 Å². The molecule has 0 N–H and O–H groups in total. The van der Waals surface area contributed by atoms with Gasteiger partial charge in [0.2, 0.25) is 0 Å². The highest BCUT2D eigenvalue weighted by Gasteiger charge is 1.99. The van der Waals surface area contributed by atoms with E-state index in [0.717, 1.165) is 35.3 Å². The summed E-state index contributed by atoms with van der Waals surface area (Å²) in [6.07, 6.45) is 7.02. The first kappa shape index (κ1) is 15.2. The molecule has 0 radical (unpaired) electrons. The molecule has 1 aromatic heterocycles. The van der Waals surface area contributed by atoms with Gasteiger partial charge >= 0.3 is 0 Å². The molecule has 1 heterocycles. The maximum Gasteiger partial charge on any atom is 0.152 e. The number of aromatic nitrogens is 2. The maximum absolute atomic E-state index is 4.55. The maximum atomic E-state index is 4.55. The summed E-state index contributed by atoms with van der Waals surface area (Å²) in [6.45, 7) is 3.26. The van der Waals surface area contributed by atoms with Crippen molar-refractivity contribution in [2.24, 2.45) is 0 Å². The van der Waals surface area contributed by atoms with Crippen molar-refractivity contribution in [3.63, 3.8) is 0 Å². The molecule has 3 nitrogen and oxygen atoms in total. The van der Waals surface area contributed by atoms with E-state index in [1.165, 1.54) is 5.69 Å². The Bertz CT molecular complexity index is 806. The third-order valence-corrected chi connectivity index (χ3v) is 3.83. The second kappa shape index (κ2) is 7.05. The van der Waals surface area contributed by atoms with Crippen molar-refractivity contribution >= 4 is 28.7 Å². The molecule has 116 valence electrons. The van der Waals surface area contributed by atoms with Crippen molar-refractivity contribution in [1.29, 1.82) is 0 Å². The van der Waals surface area contributed by atoms with Gasteiger partial charge in [0.1, 0.15) is 0 Å². The van der Waals surface area contributed by atoms with Crippen LogP contribution in [0.4, 0.5) is 5.69 Å². The van der Waals surface area contributed by atoms with E-state index in [1.807, 2.05) is 42.6 Å². The van der Waals surface area contributed by atoms with Crippen LogP contribution in [-0.2, 0) is 0 Å². The molecule has 0 saturated carbocycles. The van der Waals surface area contributed by atoms with E-state index in [1.54, 1.807) is 0 Å². The molecule has 3 rings (SSSR count). The highest BCUT2D eigenvalue weighted by Crippen LogP contribution is 2.16. The zero-order chi connectivity index (χ0) is 16.1. The van der Waals surface area contributed by atoms with Crippen LogP contribution in [0.3, 0.4) is 0 Å². The number of rotatable bonds is 5. The summed E-state index contributed by atoms with van der Waals surface area (Å²) in [6, 6.07) is 16.6. The highest BCUT2D eigenvalue weighted by atomic mass is 15.1. The minimum atomic E-state index is 0.732. The molecule has 0 saturated heterocycles. The number of para-hydroxylation sites is 1. The van der Waals surface area contributed by atoms with Gasteiger partial charge < -0.3 is 4.90 Å². The Morgan fingerprint density at radius 2 is 1.78 bits per heavy atom. The van der Waals surface area contributed by atoms with E-state index >= 15 is 0 Å². The Morgan fingerprint density at radius 1 is 1.00 bits per heavy atom. The molecule has 3 heteroatoms. The van der Waals surface area contributed by atoms with Crippen LogP contribution in [0.15, 0.2) is 54.7 Å². The van der Waals surface area contributed by atoms with E-state index in [2.05, 4.69) is 53.1 Å². The number of anilines is 1. The van der Waals surface area contributed by atoms with Gasteiger partial charge in [-0.15, -0.1) is 0 Å². The van der Waals surface area contributed by atoms with E-state index in [9.17, 15) is 0 Å². The van der Waals surface area contributed by atoms with Crippen LogP contribution < -0.4 is 4.90 Å². The summed E-state index contributed by atoms with van der Waals surface area (Å²) in [5.74, 6) is 0.732. The third-order valence-electron chi connectivity index (χ3n) is 3.83.